The van der Waals surface area contributed by atoms with E-state index in [-0.39, 0.29) is 5.91 Å². The van der Waals surface area contributed by atoms with Gasteiger partial charge < -0.3 is 10.2 Å². The van der Waals surface area contributed by atoms with Crippen LogP contribution in [0.1, 0.15) is 15.9 Å². The Labute approximate surface area is 101 Å². The third-order valence-electron chi connectivity index (χ3n) is 2.28. The molecule has 1 aromatic carbocycles. The molecule has 0 saturated heterocycles. The summed E-state index contributed by atoms with van der Waals surface area (Å²) in [6, 6.07) is 5.28. The molecule has 16 heavy (non-hydrogen) atoms. The monoisotopic (exact) mass is 240 g/mol. The van der Waals surface area contributed by atoms with Crippen molar-refractivity contribution in [1.82, 2.24) is 10.2 Å². The molecule has 1 N–H and O–H groups in total. The van der Waals surface area contributed by atoms with Crippen molar-refractivity contribution >= 4 is 17.5 Å². The van der Waals surface area contributed by atoms with Crippen molar-refractivity contribution in [2.24, 2.45) is 0 Å². The molecule has 0 atom stereocenters. The van der Waals surface area contributed by atoms with Gasteiger partial charge in [0.2, 0.25) is 0 Å². The lowest BCUT2D eigenvalue weighted by molar-refractivity contribution is 0.0950. The molecular weight excluding hydrogens is 224 g/mol. The van der Waals surface area contributed by atoms with Gasteiger partial charge >= 0.3 is 0 Å². The molecule has 1 aromatic rings. The Hall–Kier alpha value is -1.06. The smallest absolute Gasteiger partial charge is 0.251 e. The summed E-state index contributed by atoms with van der Waals surface area (Å²) in [5.41, 5.74) is 1.58. The van der Waals surface area contributed by atoms with Gasteiger partial charge in [-0.15, -0.1) is 0 Å². The molecule has 0 aliphatic rings. The quantitative estimate of drug-likeness (QED) is 0.873. The predicted molar refractivity (Wildman–Crippen MR) is 67.1 cm³/mol. The molecule has 0 saturated carbocycles. The van der Waals surface area contributed by atoms with Gasteiger partial charge in [-0.25, -0.2) is 0 Å². The van der Waals surface area contributed by atoms with Gasteiger partial charge in [-0.05, 0) is 44.8 Å². The molecular formula is C12H17ClN2O. The van der Waals surface area contributed by atoms with Gasteiger partial charge in [0.05, 0.1) is 0 Å². The number of aryl methyl sites for hydroxylation is 1. The van der Waals surface area contributed by atoms with Gasteiger partial charge in [-0.1, -0.05) is 11.6 Å². The van der Waals surface area contributed by atoms with Crippen LogP contribution in [0.2, 0.25) is 5.02 Å². The fraction of sp³-hybridized carbons (Fsp3) is 0.417. The number of benzene rings is 1. The largest absolute Gasteiger partial charge is 0.351 e. The number of hydrogen-bond donors (Lipinski definition) is 1. The zero-order valence-electron chi connectivity index (χ0n) is 9.88. The number of carbonyl (C=O) groups excluding carboxylic acids is 1. The van der Waals surface area contributed by atoms with Crippen molar-refractivity contribution < 1.29 is 4.79 Å². The van der Waals surface area contributed by atoms with Crippen LogP contribution in [0, 0.1) is 6.92 Å². The summed E-state index contributed by atoms with van der Waals surface area (Å²) in [6.45, 7) is 3.36. The van der Waals surface area contributed by atoms with E-state index in [2.05, 4.69) is 5.32 Å². The van der Waals surface area contributed by atoms with E-state index in [9.17, 15) is 4.79 Å². The zero-order chi connectivity index (χ0) is 12.1. The zero-order valence-corrected chi connectivity index (χ0v) is 10.6. The SMILES string of the molecule is Cc1cc(Cl)ccc1C(=O)NCCN(C)C. The van der Waals surface area contributed by atoms with Crippen LogP contribution in [0.25, 0.3) is 0 Å². The van der Waals surface area contributed by atoms with Gasteiger partial charge in [0, 0.05) is 23.7 Å². The van der Waals surface area contributed by atoms with Crippen molar-refractivity contribution in [3.05, 3.63) is 34.3 Å². The van der Waals surface area contributed by atoms with Gasteiger partial charge in [0.1, 0.15) is 0 Å². The first-order valence-corrected chi connectivity index (χ1v) is 5.57. The Morgan fingerprint density at radius 1 is 1.44 bits per heavy atom. The molecule has 0 unspecified atom stereocenters. The highest BCUT2D eigenvalue weighted by molar-refractivity contribution is 6.30. The molecule has 0 aliphatic heterocycles. The number of nitrogens with zero attached hydrogens (tertiary/aromatic N) is 1. The van der Waals surface area contributed by atoms with E-state index in [0.29, 0.717) is 17.1 Å². The van der Waals surface area contributed by atoms with Crippen LogP contribution < -0.4 is 5.32 Å². The van der Waals surface area contributed by atoms with Crippen LogP contribution in [-0.2, 0) is 0 Å². The highest BCUT2D eigenvalue weighted by atomic mass is 35.5. The fourth-order valence-electron chi connectivity index (χ4n) is 1.37. The van der Waals surface area contributed by atoms with Crippen LogP contribution >= 0.6 is 11.6 Å². The molecule has 0 fully saturated rings. The Bertz CT molecular complexity index is 377. The lowest BCUT2D eigenvalue weighted by Gasteiger charge is -2.11. The predicted octanol–water partition coefficient (Wildman–Crippen LogP) is 1.94. The van der Waals surface area contributed by atoms with Crippen LogP contribution in [-0.4, -0.2) is 38.0 Å². The van der Waals surface area contributed by atoms with Crippen molar-refractivity contribution in [3.8, 4) is 0 Å². The van der Waals surface area contributed by atoms with E-state index in [1.807, 2.05) is 25.9 Å². The fourth-order valence-corrected chi connectivity index (χ4v) is 1.60. The van der Waals surface area contributed by atoms with Gasteiger partial charge in [0.15, 0.2) is 0 Å². The second-order valence-corrected chi connectivity index (χ2v) is 4.45. The summed E-state index contributed by atoms with van der Waals surface area (Å²) >= 11 is 5.83. The minimum atomic E-state index is -0.0454. The molecule has 4 heteroatoms. The van der Waals surface area contributed by atoms with Crippen molar-refractivity contribution in [3.63, 3.8) is 0 Å². The van der Waals surface area contributed by atoms with Crippen LogP contribution in [0.15, 0.2) is 18.2 Å². The lowest BCUT2D eigenvalue weighted by Crippen LogP contribution is -2.31. The maximum Gasteiger partial charge on any atom is 0.251 e. The Kier molecular flexibility index (Phi) is 4.77. The molecule has 0 aromatic heterocycles. The first-order chi connectivity index (χ1) is 7.50. The highest BCUT2D eigenvalue weighted by Gasteiger charge is 2.08. The third kappa shape index (κ3) is 3.83. The maximum atomic E-state index is 11.8. The summed E-state index contributed by atoms with van der Waals surface area (Å²) in [4.78, 5) is 13.8. The Morgan fingerprint density at radius 3 is 2.69 bits per heavy atom. The normalized spacial score (nSPS) is 10.6. The number of carbonyl (C=O) groups is 1. The standard InChI is InChI=1S/C12H17ClN2O/c1-9-8-10(13)4-5-11(9)12(16)14-6-7-15(2)3/h4-5,8H,6-7H2,1-3H3,(H,14,16). The number of nitrogens with one attached hydrogen (secondary N) is 1. The third-order valence-corrected chi connectivity index (χ3v) is 2.51. The Balaban J connectivity index is 2.59. The van der Waals surface area contributed by atoms with Gasteiger partial charge in [-0.3, -0.25) is 4.79 Å². The van der Waals surface area contributed by atoms with E-state index in [1.54, 1.807) is 18.2 Å². The minimum Gasteiger partial charge on any atom is -0.351 e. The summed E-state index contributed by atoms with van der Waals surface area (Å²) in [5.74, 6) is -0.0454. The van der Waals surface area contributed by atoms with E-state index >= 15 is 0 Å². The number of rotatable bonds is 4. The maximum absolute atomic E-state index is 11.8. The van der Waals surface area contributed by atoms with E-state index in [0.717, 1.165) is 12.1 Å². The molecule has 0 heterocycles. The first-order valence-electron chi connectivity index (χ1n) is 5.20. The second-order valence-electron chi connectivity index (χ2n) is 4.02. The molecule has 0 radical (unpaired) electrons. The van der Waals surface area contributed by atoms with Crippen LogP contribution in [0.3, 0.4) is 0 Å². The van der Waals surface area contributed by atoms with Crippen LogP contribution in [0.5, 0.6) is 0 Å². The summed E-state index contributed by atoms with van der Waals surface area (Å²) in [7, 11) is 3.94. The van der Waals surface area contributed by atoms with Crippen LogP contribution in [0.4, 0.5) is 0 Å². The minimum absolute atomic E-state index is 0.0454. The number of amides is 1. The van der Waals surface area contributed by atoms with Crippen molar-refractivity contribution in [2.45, 2.75) is 6.92 Å². The summed E-state index contributed by atoms with van der Waals surface area (Å²) in [5, 5.41) is 3.52. The van der Waals surface area contributed by atoms with E-state index in [4.69, 9.17) is 11.6 Å². The molecule has 3 nitrogen and oxygen atoms in total. The number of likely N-dealkylation sites (N-methyl/N-ethyl adjacent to an activating group) is 1. The molecule has 0 aliphatic carbocycles. The van der Waals surface area contributed by atoms with Gasteiger partial charge in [0.25, 0.3) is 5.91 Å². The number of halogens is 1. The van der Waals surface area contributed by atoms with Crippen molar-refractivity contribution in [1.29, 1.82) is 0 Å². The molecule has 0 bridgehead atoms. The second kappa shape index (κ2) is 5.87. The molecule has 1 rings (SSSR count). The van der Waals surface area contributed by atoms with Crippen molar-refractivity contribution in [2.75, 3.05) is 27.2 Å². The lowest BCUT2D eigenvalue weighted by atomic mass is 10.1. The van der Waals surface area contributed by atoms with E-state index in [1.165, 1.54) is 0 Å². The topological polar surface area (TPSA) is 32.3 Å². The number of hydrogen-bond acceptors (Lipinski definition) is 2. The summed E-state index contributed by atoms with van der Waals surface area (Å²) in [6.07, 6.45) is 0. The molecule has 0 spiro atoms. The average Bonchev–Trinajstić information content (AvgIpc) is 2.16. The Morgan fingerprint density at radius 2 is 2.12 bits per heavy atom. The average molecular weight is 241 g/mol. The summed E-state index contributed by atoms with van der Waals surface area (Å²) < 4.78 is 0. The van der Waals surface area contributed by atoms with Gasteiger partial charge in [-0.2, -0.15) is 0 Å². The van der Waals surface area contributed by atoms with E-state index < -0.39 is 0 Å². The first kappa shape index (κ1) is 13.0. The molecule has 1 amide bonds. The highest BCUT2D eigenvalue weighted by Crippen LogP contribution is 2.14. The molecule has 88 valence electrons.